The molecule has 2 aliphatic rings. The van der Waals surface area contributed by atoms with E-state index in [9.17, 15) is 0 Å². The first-order valence-electron chi connectivity index (χ1n) is 9.47. The van der Waals surface area contributed by atoms with Crippen LogP contribution in [0.3, 0.4) is 0 Å². The van der Waals surface area contributed by atoms with Crippen molar-refractivity contribution in [2.45, 2.75) is 25.7 Å². The van der Waals surface area contributed by atoms with Gasteiger partial charge in [0.25, 0.3) is 0 Å². The van der Waals surface area contributed by atoms with Crippen LogP contribution < -0.4 is 10.6 Å². The lowest BCUT2D eigenvalue weighted by atomic mass is 9.65. The molecule has 6 heteroatoms. The molecule has 2 fully saturated rings. The molecule has 5 nitrogen and oxygen atoms in total. The minimum Gasteiger partial charge on any atom is -0.370 e. The highest BCUT2D eigenvalue weighted by Crippen LogP contribution is 2.44. The van der Waals surface area contributed by atoms with E-state index in [1.165, 1.54) is 24.8 Å². The Morgan fingerprint density at radius 1 is 1.15 bits per heavy atom. The largest absolute Gasteiger partial charge is 0.370 e. The molecule has 1 aromatic carbocycles. The van der Waals surface area contributed by atoms with Crippen molar-refractivity contribution in [2.24, 2.45) is 16.1 Å². The van der Waals surface area contributed by atoms with Crippen molar-refractivity contribution >= 4 is 22.4 Å². The minimum absolute atomic E-state index is 0.314. The van der Waals surface area contributed by atoms with Gasteiger partial charge < -0.3 is 15.5 Å². The highest BCUT2D eigenvalue weighted by Gasteiger charge is 2.37. The molecule has 0 radical (unpaired) electrons. The number of nitrogens with zero attached hydrogens (tertiary/aromatic N) is 4. The summed E-state index contributed by atoms with van der Waals surface area (Å²) in [6.45, 7) is 4.60. The van der Waals surface area contributed by atoms with E-state index in [0.717, 1.165) is 44.3 Å². The number of hydrogen-bond donors (Lipinski definition) is 1. The first-order chi connectivity index (χ1) is 12.7. The predicted octanol–water partition coefficient (Wildman–Crippen LogP) is 2.99. The first-order valence-corrected chi connectivity index (χ1v) is 10.4. The summed E-state index contributed by atoms with van der Waals surface area (Å²) in [6, 6.07) is 10.8. The van der Waals surface area contributed by atoms with Gasteiger partial charge >= 0.3 is 0 Å². The molecule has 1 saturated heterocycles. The molecule has 26 heavy (non-hydrogen) atoms. The molecule has 138 valence electrons. The molecule has 1 saturated carbocycles. The summed E-state index contributed by atoms with van der Waals surface area (Å²) >= 11 is 1.70. The van der Waals surface area contributed by atoms with E-state index in [2.05, 4.69) is 45.1 Å². The summed E-state index contributed by atoms with van der Waals surface area (Å²) in [7, 11) is 0. The number of hydrogen-bond acceptors (Lipinski definition) is 4. The lowest BCUT2D eigenvalue weighted by Crippen LogP contribution is -2.51. The fourth-order valence-electron chi connectivity index (χ4n) is 3.94. The molecular formula is C20H27N5S. The summed E-state index contributed by atoms with van der Waals surface area (Å²) in [5.41, 5.74) is 8.07. The smallest absolute Gasteiger partial charge is 0.191 e. The van der Waals surface area contributed by atoms with Gasteiger partial charge in [0.2, 0.25) is 0 Å². The Hall–Kier alpha value is -2.08. The van der Waals surface area contributed by atoms with Crippen LogP contribution in [0.4, 0.5) is 5.13 Å². The van der Waals surface area contributed by atoms with E-state index in [1.54, 1.807) is 11.3 Å². The Morgan fingerprint density at radius 2 is 1.92 bits per heavy atom. The van der Waals surface area contributed by atoms with Gasteiger partial charge in [-0.25, -0.2) is 4.98 Å². The van der Waals surface area contributed by atoms with E-state index < -0.39 is 0 Å². The van der Waals surface area contributed by atoms with Crippen LogP contribution in [-0.4, -0.2) is 48.6 Å². The topological polar surface area (TPSA) is 57.8 Å². The molecule has 2 heterocycles. The van der Waals surface area contributed by atoms with Crippen molar-refractivity contribution in [3.05, 3.63) is 47.5 Å². The van der Waals surface area contributed by atoms with Crippen LogP contribution in [0.15, 0.2) is 46.9 Å². The number of rotatable bonds is 5. The van der Waals surface area contributed by atoms with Crippen molar-refractivity contribution in [3.8, 4) is 0 Å². The Morgan fingerprint density at radius 3 is 2.54 bits per heavy atom. The predicted molar refractivity (Wildman–Crippen MR) is 109 cm³/mol. The zero-order chi connectivity index (χ0) is 17.8. The average molecular weight is 370 g/mol. The standard InChI is InChI=1S/C20H27N5S/c21-18(24-10-12-25(13-11-24)19-22-9-14-26-19)23-16-20(7-4-8-20)15-17-5-2-1-3-6-17/h1-3,5-6,9,14H,4,7-8,10-13,15-16H2,(H2,21,23). The summed E-state index contributed by atoms with van der Waals surface area (Å²) in [5.74, 6) is 0.711. The van der Waals surface area contributed by atoms with E-state index >= 15 is 0 Å². The number of guanidine groups is 1. The third-order valence-corrected chi connectivity index (χ3v) is 6.54. The van der Waals surface area contributed by atoms with Crippen molar-refractivity contribution in [1.29, 1.82) is 0 Å². The Bertz CT molecular complexity index is 716. The maximum atomic E-state index is 6.34. The summed E-state index contributed by atoms with van der Waals surface area (Å²) in [5, 5.41) is 3.14. The molecule has 0 atom stereocenters. The lowest BCUT2D eigenvalue weighted by molar-refractivity contribution is 0.145. The molecule has 0 unspecified atom stereocenters. The summed E-state index contributed by atoms with van der Waals surface area (Å²) < 4.78 is 0. The number of nitrogens with two attached hydrogens (primary N) is 1. The van der Waals surface area contributed by atoms with Crippen molar-refractivity contribution < 1.29 is 0 Å². The van der Waals surface area contributed by atoms with Gasteiger partial charge in [0.1, 0.15) is 0 Å². The Labute approximate surface area is 159 Å². The second-order valence-corrected chi connectivity index (χ2v) is 8.35. The molecule has 0 amide bonds. The van der Waals surface area contributed by atoms with Crippen LogP contribution in [0.5, 0.6) is 0 Å². The first kappa shape index (κ1) is 17.3. The number of aromatic nitrogens is 1. The minimum atomic E-state index is 0.314. The maximum Gasteiger partial charge on any atom is 0.191 e. The summed E-state index contributed by atoms with van der Waals surface area (Å²) in [4.78, 5) is 13.8. The van der Waals surface area contributed by atoms with Crippen LogP contribution in [0.2, 0.25) is 0 Å². The fourth-order valence-corrected chi connectivity index (χ4v) is 4.64. The molecule has 0 bridgehead atoms. The van der Waals surface area contributed by atoms with Gasteiger partial charge in [0, 0.05) is 44.3 Å². The lowest BCUT2D eigenvalue weighted by Gasteiger charge is -2.41. The van der Waals surface area contributed by atoms with Crippen LogP contribution in [0, 0.1) is 5.41 Å². The third kappa shape index (κ3) is 3.85. The van der Waals surface area contributed by atoms with Crippen LogP contribution in [-0.2, 0) is 6.42 Å². The van der Waals surface area contributed by atoms with E-state index in [1.807, 2.05) is 11.6 Å². The number of benzene rings is 1. The van der Waals surface area contributed by atoms with Gasteiger partial charge in [-0.3, -0.25) is 4.99 Å². The van der Waals surface area contributed by atoms with E-state index in [0.29, 0.717) is 11.4 Å². The molecule has 2 N–H and O–H groups in total. The van der Waals surface area contributed by atoms with Crippen molar-refractivity contribution in [1.82, 2.24) is 9.88 Å². The second-order valence-electron chi connectivity index (χ2n) is 7.48. The number of aliphatic imine (C=N–C) groups is 1. The zero-order valence-electron chi connectivity index (χ0n) is 15.2. The van der Waals surface area contributed by atoms with Gasteiger partial charge in [-0.05, 0) is 30.2 Å². The highest BCUT2D eigenvalue weighted by atomic mass is 32.1. The number of thiazole rings is 1. The molecule has 4 rings (SSSR count). The van der Waals surface area contributed by atoms with Crippen molar-refractivity contribution in [3.63, 3.8) is 0 Å². The van der Waals surface area contributed by atoms with E-state index in [4.69, 9.17) is 10.7 Å². The van der Waals surface area contributed by atoms with Gasteiger partial charge in [-0.2, -0.15) is 0 Å². The van der Waals surface area contributed by atoms with Crippen LogP contribution >= 0.6 is 11.3 Å². The Balaban J connectivity index is 1.33. The number of anilines is 1. The fraction of sp³-hybridized carbons (Fsp3) is 0.500. The third-order valence-electron chi connectivity index (χ3n) is 5.71. The SMILES string of the molecule is NC(=NCC1(Cc2ccccc2)CCC1)N1CCN(c2nccs2)CC1. The Kier molecular flexibility index (Phi) is 5.11. The van der Waals surface area contributed by atoms with E-state index in [-0.39, 0.29) is 0 Å². The molecule has 1 aliphatic heterocycles. The highest BCUT2D eigenvalue weighted by molar-refractivity contribution is 7.13. The van der Waals surface area contributed by atoms with Crippen molar-refractivity contribution in [2.75, 3.05) is 37.6 Å². The van der Waals surface area contributed by atoms with Crippen LogP contribution in [0.1, 0.15) is 24.8 Å². The van der Waals surface area contributed by atoms with Gasteiger partial charge in [-0.15, -0.1) is 11.3 Å². The van der Waals surface area contributed by atoms with Gasteiger partial charge in [0.05, 0.1) is 0 Å². The number of piperazine rings is 1. The van der Waals surface area contributed by atoms with Crippen LogP contribution in [0.25, 0.3) is 0 Å². The normalized spacial score (nSPS) is 20.1. The quantitative estimate of drug-likeness (QED) is 0.650. The monoisotopic (exact) mass is 369 g/mol. The average Bonchev–Trinajstić information content (AvgIpc) is 3.19. The van der Waals surface area contributed by atoms with Gasteiger partial charge in [-0.1, -0.05) is 36.8 Å². The van der Waals surface area contributed by atoms with Gasteiger partial charge in [0.15, 0.2) is 11.1 Å². The zero-order valence-corrected chi connectivity index (χ0v) is 16.0. The molecule has 2 aromatic rings. The molecule has 1 aliphatic carbocycles. The second kappa shape index (κ2) is 7.66. The molecular weight excluding hydrogens is 342 g/mol. The summed E-state index contributed by atoms with van der Waals surface area (Å²) in [6.07, 6.45) is 6.82. The molecule has 1 aromatic heterocycles. The molecule has 0 spiro atoms. The maximum absolute atomic E-state index is 6.34.